The lowest BCUT2D eigenvalue weighted by Crippen LogP contribution is -2.34. The average Bonchev–Trinajstić information content (AvgIpc) is 2.46. The van der Waals surface area contributed by atoms with E-state index in [1.807, 2.05) is 0 Å². The van der Waals surface area contributed by atoms with Crippen LogP contribution in [0.2, 0.25) is 0 Å². The van der Waals surface area contributed by atoms with Gasteiger partial charge in [0, 0.05) is 0 Å². The molecule has 26 heavy (non-hydrogen) atoms. The van der Waals surface area contributed by atoms with E-state index in [-0.39, 0.29) is 11.5 Å². The highest BCUT2D eigenvalue weighted by Gasteiger charge is 2.57. The van der Waals surface area contributed by atoms with Gasteiger partial charge in [-0.2, -0.15) is 39.5 Å². The Morgan fingerprint density at radius 3 is 1.31 bits per heavy atom. The van der Waals surface area contributed by atoms with Crippen molar-refractivity contribution in [1.29, 1.82) is 0 Å². The molecular formula is C16H9F9O. The maximum absolute atomic E-state index is 12.6. The Labute approximate surface area is 141 Å². The Kier molecular flexibility index (Phi) is 5.16. The summed E-state index contributed by atoms with van der Waals surface area (Å²) in [6.45, 7) is 0. The first-order valence-electron chi connectivity index (χ1n) is 6.87. The van der Waals surface area contributed by atoms with Gasteiger partial charge in [-0.05, 0) is 42.0 Å². The molecule has 2 aromatic carbocycles. The van der Waals surface area contributed by atoms with E-state index in [9.17, 15) is 39.5 Å². The summed E-state index contributed by atoms with van der Waals surface area (Å²) in [4.78, 5) is 0. The summed E-state index contributed by atoms with van der Waals surface area (Å²) in [6, 6.07) is 6.36. The van der Waals surface area contributed by atoms with Crippen LogP contribution in [0.4, 0.5) is 39.5 Å². The molecule has 2 aromatic rings. The van der Waals surface area contributed by atoms with E-state index in [0.29, 0.717) is 12.1 Å². The van der Waals surface area contributed by atoms with Crippen LogP contribution in [0.3, 0.4) is 0 Å². The second-order valence-electron chi connectivity index (χ2n) is 5.21. The largest absolute Gasteiger partial charge is 0.457 e. The lowest BCUT2D eigenvalue weighted by atomic mass is 9.98. The molecule has 0 aromatic heterocycles. The second kappa shape index (κ2) is 6.73. The van der Waals surface area contributed by atoms with E-state index in [1.165, 1.54) is 0 Å². The van der Waals surface area contributed by atoms with Gasteiger partial charge in [0.15, 0.2) is 5.92 Å². The molecule has 0 aliphatic heterocycles. The van der Waals surface area contributed by atoms with Crippen molar-refractivity contribution < 1.29 is 44.3 Å². The van der Waals surface area contributed by atoms with Crippen LogP contribution in [-0.2, 0) is 6.18 Å². The van der Waals surface area contributed by atoms with E-state index in [0.717, 1.165) is 36.4 Å². The van der Waals surface area contributed by atoms with Gasteiger partial charge in [-0.3, -0.25) is 0 Å². The van der Waals surface area contributed by atoms with Crippen molar-refractivity contribution in [2.75, 3.05) is 0 Å². The highest BCUT2D eigenvalue weighted by Crippen LogP contribution is 2.46. The predicted octanol–water partition coefficient (Wildman–Crippen LogP) is 6.71. The van der Waals surface area contributed by atoms with E-state index >= 15 is 0 Å². The van der Waals surface area contributed by atoms with Crippen molar-refractivity contribution in [3.8, 4) is 11.5 Å². The Hall–Kier alpha value is -2.39. The van der Waals surface area contributed by atoms with Crippen molar-refractivity contribution >= 4 is 0 Å². The third-order valence-corrected chi connectivity index (χ3v) is 3.29. The van der Waals surface area contributed by atoms with Crippen LogP contribution < -0.4 is 4.74 Å². The Bertz CT molecular complexity index is 711. The molecule has 2 rings (SSSR count). The van der Waals surface area contributed by atoms with E-state index in [2.05, 4.69) is 0 Å². The number of ether oxygens (including phenoxy) is 1. The zero-order chi connectivity index (χ0) is 19.8. The third-order valence-electron chi connectivity index (χ3n) is 3.29. The van der Waals surface area contributed by atoms with Crippen LogP contribution in [0, 0.1) is 0 Å². The molecule has 142 valence electrons. The first kappa shape index (κ1) is 19.9. The number of hydrogen-bond donors (Lipinski definition) is 0. The molecule has 0 heterocycles. The molecule has 0 bridgehead atoms. The SMILES string of the molecule is FC(F)(F)c1ccc(Oc2ccc(C(C(F)(F)F)C(F)(F)F)cc2)cc1. The molecule has 0 radical (unpaired) electrons. The highest BCUT2D eigenvalue weighted by atomic mass is 19.4. The minimum atomic E-state index is -5.52. The van der Waals surface area contributed by atoms with Crippen LogP contribution in [0.25, 0.3) is 0 Å². The average molecular weight is 388 g/mol. The van der Waals surface area contributed by atoms with Gasteiger partial charge in [0.05, 0.1) is 5.56 Å². The van der Waals surface area contributed by atoms with Gasteiger partial charge in [0.25, 0.3) is 0 Å². The summed E-state index contributed by atoms with van der Waals surface area (Å²) in [7, 11) is 0. The molecular weight excluding hydrogens is 379 g/mol. The summed E-state index contributed by atoms with van der Waals surface area (Å²) in [5.41, 5.74) is -1.96. The molecule has 1 nitrogen and oxygen atoms in total. The fourth-order valence-electron chi connectivity index (χ4n) is 2.14. The normalized spacial score (nSPS) is 13.2. The molecule has 0 atom stereocenters. The lowest BCUT2D eigenvalue weighted by molar-refractivity contribution is -0.253. The van der Waals surface area contributed by atoms with E-state index in [4.69, 9.17) is 4.74 Å². The Morgan fingerprint density at radius 2 is 0.962 bits per heavy atom. The topological polar surface area (TPSA) is 9.23 Å². The number of alkyl halides is 9. The maximum atomic E-state index is 12.6. The van der Waals surface area contributed by atoms with E-state index in [1.54, 1.807) is 0 Å². The first-order valence-corrected chi connectivity index (χ1v) is 6.87. The molecule has 0 fully saturated rings. The third kappa shape index (κ3) is 4.83. The van der Waals surface area contributed by atoms with Gasteiger partial charge in [0.2, 0.25) is 0 Å². The predicted molar refractivity (Wildman–Crippen MR) is 72.8 cm³/mol. The van der Waals surface area contributed by atoms with Crippen molar-refractivity contribution in [1.82, 2.24) is 0 Å². The van der Waals surface area contributed by atoms with Crippen molar-refractivity contribution in [3.63, 3.8) is 0 Å². The summed E-state index contributed by atoms with van der Waals surface area (Å²) >= 11 is 0. The number of benzene rings is 2. The molecule has 0 unspecified atom stereocenters. The standard InChI is InChI=1S/C16H9F9O/c17-14(18,19)10-3-7-12(8-4-10)26-11-5-1-9(2-6-11)13(15(20,21)22)16(23,24)25/h1-8,13H. The molecule has 0 aliphatic carbocycles. The molecule has 0 saturated carbocycles. The molecule has 0 amide bonds. The van der Waals surface area contributed by atoms with Gasteiger partial charge in [-0.25, -0.2) is 0 Å². The first-order chi connectivity index (χ1) is 11.8. The quantitative estimate of drug-likeness (QED) is 0.532. The highest BCUT2D eigenvalue weighted by molar-refractivity contribution is 5.36. The van der Waals surface area contributed by atoms with Crippen molar-refractivity contribution in [2.45, 2.75) is 24.4 Å². The van der Waals surface area contributed by atoms with Gasteiger partial charge < -0.3 is 4.74 Å². The molecule has 0 spiro atoms. The van der Waals surface area contributed by atoms with Crippen LogP contribution in [-0.4, -0.2) is 12.4 Å². The molecule has 0 aliphatic rings. The second-order valence-corrected chi connectivity index (χ2v) is 5.21. The van der Waals surface area contributed by atoms with Gasteiger partial charge in [-0.15, -0.1) is 0 Å². The van der Waals surface area contributed by atoms with Crippen LogP contribution in [0.15, 0.2) is 48.5 Å². The molecule has 0 N–H and O–H groups in total. The number of halogens is 9. The minimum absolute atomic E-state index is 0.0612. The van der Waals surface area contributed by atoms with Crippen molar-refractivity contribution in [2.24, 2.45) is 0 Å². The lowest BCUT2D eigenvalue weighted by Gasteiger charge is -2.23. The smallest absolute Gasteiger partial charge is 0.416 e. The van der Waals surface area contributed by atoms with Crippen LogP contribution >= 0.6 is 0 Å². The minimum Gasteiger partial charge on any atom is -0.457 e. The van der Waals surface area contributed by atoms with Gasteiger partial charge in [-0.1, -0.05) is 12.1 Å². The number of rotatable bonds is 3. The summed E-state index contributed by atoms with van der Waals surface area (Å²) in [5, 5.41) is 0. The van der Waals surface area contributed by atoms with Crippen LogP contribution in [0.1, 0.15) is 17.0 Å². The van der Waals surface area contributed by atoms with Crippen molar-refractivity contribution in [3.05, 3.63) is 59.7 Å². The summed E-state index contributed by atoms with van der Waals surface area (Å²) < 4.78 is 118. The van der Waals surface area contributed by atoms with Gasteiger partial charge >= 0.3 is 18.5 Å². The molecule has 10 heteroatoms. The fourth-order valence-corrected chi connectivity index (χ4v) is 2.14. The summed E-state index contributed by atoms with van der Waals surface area (Å²) in [6.07, 6.45) is -15.6. The fraction of sp³-hybridized carbons (Fsp3) is 0.250. The number of hydrogen-bond acceptors (Lipinski definition) is 1. The maximum Gasteiger partial charge on any atom is 0.416 e. The zero-order valence-corrected chi connectivity index (χ0v) is 12.5. The monoisotopic (exact) mass is 388 g/mol. The van der Waals surface area contributed by atoms with Crippen LogP contribution in [0.5, 0.6) is 11.5 Å². The zero-order valence-electron chi connectivity index (χ0n) is 12.5. The molecule has 0 saturated heterocycles. The Morgan fingerprint density at radius 1 is 0.577 bits per heavy atom. The van der Waals surface area contributed by atoms with E-state index < -0.39 is 35.6 Å². The summed E-state index contributed by atoms with van der Waals surface area (Å²) in [5.74, 6) is -3.83. The Balaban J connectivity index is 2.19. The van der Waals surface area contributed by atoms with Gasteiger partial charge in [0.1, 0.15) is 11.5 Å².